The monoisotopic (exact) mass is 471 g/mol. The number of hydrogen-bond acceptors (Lipinski definition) is 4. The summed E-state index contributed by atoms with van der Waals surface area (Å²) in [6, 6.07) is 0. The number of aliphatic hydroxyl groups excluding tert-OH is 3. The van der Waals surface area contributed by atoms with E-state index >= 15 is 0 Å². The molecule has 0 saturated heterocycles. The van der Waals surface area contributed by atoms with E-state index in [-0.39, 0.29) is 52.8 Å². The molecule has 32 heavy (non-hydrogen) atoms. The summed E-state index contributed by atoms with van der Waals surface area (Å²) in [5, 5.41) is 30.4. The molecule has 0 heterocycles. The Bertz CT molecular complexity index is 767. The molecule has 7 atom stereocenters. The average Bonchev–Trinajstić information content (AvgIpc) is 3.49. The van der Waals surface area contributed by atoms with E-state index in [2.05, 4.69) is 44.7 Å². The van der Waals surface area contributed by atoms with Crippen LogP contribution in [-0.2, 0) is 0 Å². The van der Waals surface area contributed by atoms with Crippen LogP contribution in [0.2, 0.25) is 0 Å². The smallest absolute Gasteiger partial charge is 1.00 e. The number of allylic oxidation sites excluding steroid dienone is 4. The predicted octanol–water partition coefficient (Wildman–Crippen LogP) is 5.10. The first kappa shape index (κ1) is 28.3. The van der Waals surface area contributed by atoms with Crippen molar-refractivity contribution in [2.24, 2.45) is 29.1 Å². The molecule has 0 radical (unpaired) electrons. The minimum absolute atomic E-state index is 0. The second kappa shape index (κ2) is 11.7. The fraction of sp³-hybridized carbons (Fsp3) is 0.704. The van der Waals surface area contributed by atoms with Gasteiger partial charge in [-0.3, -0.25) is 0 Å². The van der Waals surface area contributed by atoms with E-state index in [4.69, 9.17) is 0 Å². The quantitative estimate of drug-likeness (QED) is 0.331. The van der Waals surface area contributed by atoms with Crippen molar-refractivity contribution in [2.75, 3.05) is 0 Å². The topological polar surface area (TPSA) is 95.7 Å². The Morgan fingerprint density at radius 3 is 2.53 bits per heavy atom. The Balaban J connectivity index is 0.00000272. The van der Waals surface area contributed by atoms with E-state index in [1.165, 1.54) is 44.1 Å². The van der Waals surface area contributed by atoms with Gasteiger partial charge in [0.15, 0.2) is 0 Å². The zero-order chi connectivity index (χ0) is 21.5. The van der Waals surface area contributed by atoms with Gasteiger partial charge in [-0.2, -0.15) is 0 Å². The van der Waals surface area contributed by atoms with Gasteiger partial charge in [0, 0.05) is 6.42 Å². The summed E-state index contributed by atoms with van der Waals surface area (Å²) in [7, 11) is 0. The maximum absolute atomic E-state index is 10.2. The number of aliphatic hydroxyl groups is 3. The third kappa shape index (κ3) is 6.00. The summed E-state index contributed by atoms with van der Waals surface area (Å²) < 4.78 is 0. The molecule has 4 nitrogen and oxygen atoms in total. The fourth-order valence-corrected chi connectivity index (χ4v) is 6.63. The van der Waals surface area contributed by atoms with Gasteiger partial charge in [0.25, 0.3) is 0 Å². The Morgan fingerprint density at radius 2 is 1.84 bits per heavy atom. The van der Waals surface area contributed by atoms with Crippen LogP contribution in [-0.4, -0.2) is 71.4 Å². The summed E-state index contributed by atoms with van der Waals surface area (Å²) in [4.78, 5) is 0. The first-order valence-electron chi connectivity index (χ1n) is 12.1. The standard InChI is InChI=1S/C27H40O3.Ca.H3N.2H/c1-17(6-13-25(29)20-8-9-20)23-11-12-24-19(5-4-14-27(23,24)3)7-10-21-15-22(28)16-26(30)18(21)2;;;;/h6-7,10,13,17,20,22-26,28-30H,2,4-5,8-9,11-12,14-16H2,1,3H3;;1H3;;/q;+2;;2*-1/b13-6+,19-7+,21-10-;;;;/t17-,22-,23-,24+,25-,26+,27-;;;;/m1..../s1. The van der Waals surface area contributed by atoms with Gasteiger partial charge in [-0.1, -0.05) is 50.3 Å². The van der Waals surface area contributed by atoms with Crippen LogP contribution < -0.4 is 6.15 Å². The molecular formula is C27H45CaNO3. The molecule has 0 aromatic rings. The molecule has 6 N–H and O–H groups in total. The van der Waals surface area contributed by atoms with Gasteiger partial charge in [0.2, 0.25) is 0 Å². The van der Waals surface area contributed by atoms with Crippen LogP contribution in [0.4, 0.5) is 0 Å². The minimum Gasteiger partial charge on any atom is -1.00 e. The van der Waals surface area contributed by atoms with Crippen molar-refractivity contribution in [3.05, 3.63) is 47.6 Å². The molecule has 0 aliphatic heterocycles. The average molecular weight is 472 g/mol. The van der Waals surface area contributed by atoms with E-state index in [9.17, 15) is 15.3 Å². The number of hydrogen-bond donors (Lipinski definition) is 4. The van der Waals surface area contributed by atoms with Crippen LogP contribution in [0.1, 0.15) is 74.5 Å². The molecule has 0 spiro atoms. The molecule has 0 amide bonds. The largest absolute Gasteiger partial charge is 2.00 e. The van der Waals surface area contributed by atoms with E-state index in [1.807, 2.05) is 0 Å². The third-order valence-corrected chi connectivity index (χ3v) is 8.65. The van der Waals surface area contributed by atoms with Gasteiger partial charge in [0.1, 0.15) is 0 Å². The first-order valence-corrected chi connectivity index (χ1v) is 12.1. The Hall–Kier alpha value is 0.0597. The summed E-state index contributed by atoms with van der Waals surface area (Å²) in [6.07, 6.45) is 16.9. The molecular weight excluding hydrogens is 426 g/mol. The van der Waals surface area contributed by atoms with Crippen LogP contribution in [0, 0.1) is 29.1 Å². The van der Waals surface area contributed by atoms with E-state index in [1.54, 1.807) is 0 Å². The van der Waals surface area contributed by atoms with Crippen LogP contribution >= 0.6 is 0 Å². The van der Waals surface area contributed by atoms with Crippen LogP contribution in [0.25, 0.3) is 0 Å². The second-order valence-electron chi connectivity index (χ2n) is 10.7. The van der Waals surface area contributed by atoms with Gasteiger partial charge in [-0.05, 0) is 91.6 Å². The zero-order valence-corrected chi connectivity index (χ0v) is 22.4. The Morgan fingerprint density at radius 1 is 1.12 bits per heavy atom. The Labute approximate surface area is 227 Å². The summed E-state index contributed by atoms with van der Waals surface area (Å²) in [5.41, 5.74) is 3.63. The molecule has 0 bridgehead atoms. The van der Waals surface area contributed by atoms with Gasteiger partial charge in [-0.25, -0.2) is 0 Å². The molecule has 0 aromatic heterocycles. The van der Waals surface area contributed by atoms with Crippen molar-refractivity contribution in [2.45, 2.75) is 89.9 Å². The predicted molar refractivity (Wildman–Crippen MR) is 135 cm³/mol. The number of rotatable bonds is 5. The molecule has 0 aromatic carbocycles. The van der Waals surface area contributed by atoms with E-state index < -0.39 is 12.2 Å². The molecule has 4 saturated carbocycles. The first-order chi connectivity index (χ1) is 14.3. The summed E-state index contributed by atoms with van der Waals surface area (Å²) in [5.74, 6) is 2.28. The molecule has 0 unspecified atom stereocenters. The maximum Gasteiger partial charge on any atom is 2.00 e. The van der Waals surface area contributed by atoms with E-state index in [0.717, 1.165) is 17.6 Å². The maximum atomic E-state index is 10.2. The van der Waals surface area contributed by atoms with Gasteiger partial charge >= 0.3 is 37.7 Å². The SMILES string of the molecule is C=C1/C(=C\C=C2/CCC[C@]3(C)[C@@H]([C@H](C)/C=C/[C@@H](O)C4CC4)CC[C@@H]23)C[C@@H](O)C[C@@H]1O.N.[Ca+2].[H-].[H-]. The molecule has 4 aliphatic rings. The molecule has 178 valence electrons. The summed E-state index contributed by atoms with van der Waals surface area (Å²) >= 11 is 0. The van der Waals surface area contributed by atoms with Crippen molar-refractivity contribution in [3.63, 3.8) is 0 Å². The minimum atomic E-state index is -0.621. The van der Waals surface area contributed by atoms with E-state index in [0.29, 0.717) is 41.9 Å². The second-order valence-corrected chi connectivity index (χ2v) is 10.7. The summed E-state index contributed by atoms with van der Waals surface area (Å²) in [6.45, 7) is 8.88. The van der Waals surface area contributed by atoms with Crippen molar-refractivity contribution in [3.8, 4) is 0 Å². The molecule has 4 aliphatic carbocycles. The van der Waals surface area contributed by atoms with Crippen molar-refractivity contribution < 1.29 is 18.2 Å². The van der Waals surface area contributed by atoms with Crippen molar-refractivity contribution >= 4 is 37.7 Å². The molecule has 4 rings (SSSR count). The number of fused-ring (bicyclic) bond motifs is 1. The molecule has 4 fully saturated rings. The Kier molecular flexibility index (Phi) is 10.3. The van der Waals surface area contributed by atoms with Crippen molar-refractivity contribution in [1.29, 1.82) is 0 Å². The van der Waals surface area contributed by atoms with Crippen molar-refractivity contribution in [1.82, 2.24) is 6.15 Å². The van der Waals surface area contributed by atoms with Crippen LogP contribution in [0.3, 0.4) is 0 Å². The normalized spacial score (nSPS) is 39.5. The van der Waals surface area contributed by atoms with Gasteiger partial charge < -0.3 is 24.3 Å². The van der Waals surface area contributed by atoms with Gasteiger partial charge in [-0.15, -0.1) is 0 Å². The molecule has 5 heteroatoms. The van der Waals surface area contributed by atoms with Gasteiger partial charge in [0.05, 0.1) is 18.3 Å². The van der Waals surface area contributed by atoms with Crippen LogP contribution in [0.5, 0.6) is 0 Å². The third-order valence-electron chi connectivity index (χ3n) is 8.65. The van der Waals surface area contributed by atoms with Crippen LogP contribution in [0.15, 0.2) is 47.6 Å². The zero-order valence-electron chi connectivity index (χ0n) is 22.2. The fourth-order valence-electron chi connectivity index (χ4n) is 6.63.